The van der Waals surface area contributed by atoms with Crippen LogP contribution in [0.15, 0.2) is 23.9 Å². The summed E-state index contributed by atoms with van der Waals surface area (Å²) in [7, 11) is -0.992. The van der Waals surface area contributed by atoms with Gasteiger partial charge in [-0.25, -0.2) is 4.79 Å². The summed E-state index contributed by atoms with van der Waals surface area (Å²) in [6.07, 6.45) is 1.52. The standard InChI is InChI=1S/C11H9BN2O4/c15-10-8(13-11(16)14-10)4-6-2-1-3-7-5-18-12(17)9(6)7/h1-4,17H,5H2,(H2,13,14,15,16). The molecule has 3 N–H and O–H groups in total. The number of hydrogen-bond acceptors (Lipinski definition) is 4. The van der Waals surface area contributed by atoms with Gasteiger partial charge in [0, 0.05) is 0 Å². The molecular weight excluding hydrogens is 235 g/mol. The van der Waals surface area contributed by atoms with E-state index in [1.807, 2.05) is 6.07 Å². The number of benzene rings is 1. The fourth-order valence-electron chi connectivity index (χ4n) is 2.08. The molecule has 0 spiro atoms. The van der Waals surface area contributed by atoms with Gasteiger partial charge in [0.05, 0.1) is 6.61 Å². The maximum absolute atomic E-state index is 11.4. The third-order valence-corrected chi connectivity index (χ3v) is 2.89. The first kappa shape index (κ1) is 11.0. The zero-order chi connectivity index (χ0) is 12.7. The van der Waals surface area contributed by atoms with Crippen molar-refractivity contribution in [1.82, 2.24) is 10.6 Å². The van der Waals surface area contributed by atoms with Gasteiger partial charge < -0.3 is 15.0 Å². The van der Waals surface area contributed by atoms with E-state index in [2.05, 4.69) is 10.6 Å². The van der Waals surface area contributed by atoms with Gasteiger partial charge in [0.1, 0.15) is 5.70 Å². The highest BCUT2D eigenvalue weighted by atomic mass is 16.5. The highest BCUT2D eigenvalue weighted by molar-refractivity contribution is 6.62. The van der Waals surface area contributed by atoms with Crippen molar-refractivity contribution in [2.45, 2.75) is 6.61 Å². The summed E-state index contributed by atoms with van der Waals surface area (Å²) in [6, 6.07) is 4.86. The molecule has 6 nitrogen and oxygen atoms in total. The summed E-state index contributed by atoms with van der Waals surface area (Å²) in [5.41, 5.74) is 2.33. The Labute approximate surface area is 103 Å². The Bertz CT molecular complexity index is 584. The predicted molar refractivity (Wildman–Crippen MR) is 63.5 cm³/mol. The molecule has 0 aromatic heterocycles. The molecule has 0 atom stereocenters. The molecule has 3 amide bonds. The van der Waals surface area contributed by atoms with Gasteiger partial charge in [-0.1, -0.05) is 18.2 Å². The van der Waals surface area contributed by atoms with Crippen LogP contribution in [-0.2, 0) is 16.1 Å². The Hall–Kier alpha value is -2.12. The van der Waals surface area contributed by atoms with E-state index in [4.69, 9.17) is 4.65 Å². The monoisotopic (exact) mass is 244 g/mol. The second-order valence-corrected chi connectivity index (χ2v) is 4.05. The Morgan fingerprint density at radius 2 is 2.17 bits per heavy atom. The lowest BCUT2D eigenvalue weighted by Crippen LogP contribution is -2.30. The first-order valence-corrected chi connectivity index (χ1v) is 5.40. The van der Waals surface area contributed by atoms with E-state index >= 15 is 0 Å². The quantitative estimate of drug-likeness (QED) is 0.339. The fourth-order valence-corrected chi connectivity index (χ4v) is 2.08. The Kier molecular flexibility index (Phi) is 2.43. The molecule has 1 fully saturated rings. The molecule has 2 heterocycles. The molecule has 0 radical (unpaired) electrons. The topological polar surface area (TPSA) is 87.7 Å². The fraction of sp³-hybridized carbons (Fsp3) is 0.0909. The minimum Gasteiger partial charge on any atom is -0.423 e. The molecule has 18 heavy (non-hydrogen) atoms. The third kappa shape index (κ3) is 1.69. The normalized spacial score (nSPS) is 20.1. The first-order valence-electron chi connectivity index (χ1n) is 5.40. The second kappa shape index (κ2) is 3.97. The van der Waals surface area contributed by atoms with Crippen LogP contribution in [0.4, 0.5) is 4.79 Å². The van der Waals surface area contributed by atoms with Gasteiger partial charge in [-0.3, -0.25) is 10.1 Å². The molecule has 2 aliphatic rings. The molecule has 0 saturated carbocycles. The Morgan fingerprint density at radius 1 is 1.33 bits per heavy atom. The number of nitrogens with one attached hydrogen (secondary N) is 2. The van der Waals surface area contributed by atoms with E-state index in [1.54, 1.807) is 12.1 Å². The van der Waals surface area contributed by atoms with Gasteiger partial charge >= 0.3 is 13.1 Å². The van der Waals surface area contributed by atoms with Gasteiger partial charge in [-0.05, 0) is 22.7 Å². The zero-order valence-electron chi connectivity index (χ0n) is 9.27. The van der Waals surface area contributed by atoms with E-state index in [9.17, 15) is 14.6 Å². The summed E-state index contributed by atoms with van der Waals surface area (Å²) in [5, 5.41) is 14.2. The average molecular weight is 244 g/mol. The minimum absolute atomic E-state index is 0.160. The van der Waals surface area contributed by atoms with Crippen LogP contribution in [0.25, 0.3) is 6.08 Å². The smallest absolute Gasteiger partial charge is 0.423 e. The minimum atomic E-state index is -0.992. The van der Waals surface area contributed by atoms with Crippen LogP contribution in [-0.4, -0.2) is 24.1 Å². The number of hydrogen-bond donors (Lipinski definition) is 3. The molecular formula is C11H9BN2O4. The number of imide groups is 1. The van der Waals surface area contributed by atoms with E-state index in [0.29, 0.717) is 17.6 Å². The van der Waals surface area contributed by atoms with Crippen molar-refractivity contribution < 1.29 is 19.3 Å². The molecule has 0 unspecified atom stereocenters. The van der Waals surface area contributed by atoms with Gasteiger partial charge in [0.2, 0.25) is 0 Å². The van der Waals surface area contributed by atoms with Crippen LogP contribution in [0, 0.1) is 0 Å². The second-order valence-electron chi connectivity index (χ2n) is 4.05. The van der Waals surface area contributed by atoms with Crippen molar-refractivity contribution >= 4 is 30.6 Å². The lowest BCUT2D eigenvalue weighted by molar-refractivity contribution is -0.115. The number of carbonyl (C=O) groups is 2. The summed E-state index contributed by atoms with van der Waals surface area (Å²) in [4.78, 5) is 22.4. The molecule has 90 valence electrons. The first-order chi connectivity index (χ1) is 8.65. The highest BCUT2D eigenvalue weighted by Gasteiger charge is 2.30. The van der Waals surface area contributed by atoms with Crippen LogP contribution < -0.4 is 16.1 Å². The van der Waals surface area contributed by atoms with Crippen molar-refractivity contribution in [1.29, 1.82) is 0 Å². The van der Waals surface area contributed by atoms with E-state index in [0.717, 1.165) is 5.56 Å². The van der Waals surface area contributed by atoms with E-state index < -0.39 is 19.1 Å². The Balaban J connectivity index is 2.04. The van der Waals surface area contributed by atoms with E-state index in [-0.39, 0.29) is 5.70 Å². The largest absolute Gasteiger partial charge is 0.492 e. The summed E-state index contributed by atoms with van der Waals surface area (Å²) in [5.74, 6) is -0.481. The Morgan fingerprint density at radius 3 is 2.89 bits per heavy atom. The van der Waals surface area contributed by atoms with Gasteiger partial charge in [-0.2, -0.15) is 0 Å². The summed E-state index contributed by atoms with van der Waals surface area (Å²) >= 11 is 0. The van der Waals surface area contributed by atoms with Crippen LogP contribution in [0.1, 0.15) is 11.1 Å². The number of amides is 3. The van der Waals surface area contributed by atoms with Gasteiger partial charge in [0.15, 0.2) is 0 Å². The van der Waals surface area contributed by atoms with Crippen molar-refractivity contribution in [3.05, 3.63) is 35.0 Å². The molecule has 2 aliphatic heterocycles. The van der Waals surface area contributed by atoms with Gasteiger partial charge in [-0.15, -0.1) is 0 Å². The SMILES string of the molecule is O=C1NC(=O)C(=Cc2cccc3c2B(O)OC3)N1. The predicted octanol–water partition coefficient (Wildman–Crippen LogP) is -0.915. The molecule has 0 bridgehead atoms. The van der Waals surface area contributed by atoms with Crippen LogP contribution in [0.2, 0.25) is 0 Å². The van der Waals surface area contributed by atoms with Crippen LogP contribution >= 0.6 is 0 Å². The number of urea groups is 1. The van der Waals surface area contributed by atoms with Crippen molar-refractivity contribution in [3.63, 3.8) is 0 Å². The molecule has 0 aliphatic carbocycles. The lowest BCUT2D eigenvalue weighted by atomic mass is 9.76. The molecule has 7 heteroatoms. The summed E-state index contributed by atoms with van der Waals surface area (Å²) < 4.78 is 5.11. The number of carbonyl (C=O) groups excluding carboxylic acids is 2. The van der Waals surface area contributed by atoms with Gasteiger partial charge in [0.25, 0.3) is 5.91 Å². The lowest BCUT2D eigenvalue weighted by Gasteiger charge is -2.04. The highest BCUT2D eigenvalue weighted by Crippen LogP contribution is 2.15. The van der Waals surface area contributed by atoms with Crippen molar-refractivity contribution in [3.8, 4) is 0 Å². The average Bonchev–Trinajstić information content (AvgIpc) is 2.84. The van der Waals surface area contributed by atoms with E-state index in [1.165, 1.54) is 6.08 Å². The molecule has 1 aromatic rings. The number of fused-ring (bicyclic) bond motifs is 1. The van der Waals surface area contributed by atoms with Crippen molar-refractivity contribution in [2.24, 2.45) is 0 Å². The number of rotatable bonds is 1. The molecule has 3 rings (SSSR count). The molecule has 1 aromatic carbocycles. The van der Waals surface area contributed by atoms with Crippen molar-refractivity contribution in [2.75, 3.05) is 0 Å². The van der Waals surface area contributed by atoms with Crippen LogP contribution in [0.3, 0.4) is 0 Å². The zero-order valence-corrected chi connectivity index (χ0v) is 9.27. The van der Waals surface area contributed by atoms with Crippen LogP contribution in [0.5, 0.6) is 0 Å². The maximum atomic E-state index is 11.4. The maximum Gasteiger partial charge on any atom is 0.492 e. The summed E-state index contributed by atoms with van der Waals surface area (Å²) in [6.45, 7) is 0.339. The third-order valence-electron chi connectivity index (χ3n) is 2.89. The molecule has 1 saturated heterocycles.